The molecule has 1 aromatic carbocycles. The van der Waals surface area contributed by atoms with Gasteiger partial charge >= 0.3 is 0 Å². The van der Waals surface area contributed by atoms with Crippen LogP contribution in [0.4, 0.5) is 0 Å². The highest BCUT2D eigenvalue weighted by molar-refractivity contribution is 5.48. The molecule has 19 heavy (non-hydrogen) atoms. The molecule has 1 aromatic rings. The molecule has 2 N–H and O–H groups in total. The van der Waals surface area contributed by atoms with Crippen LogP contribution in [0.15, 0.2) is 12.1 Å². The maximum Gasteiger partial charge on any atom is 0.126 e. The molecular formula is C17H29NO. The van der Waals surface area contributed by atoms with Crippen LogP contribution in [0.1, 0.15) is 57.2 Å². The molecule has 2 heteroatoms. The minimum Gasteiger partial charge on any atom is -0.493 e. The second-order valence-electron chi connectivity index (χ2n) is 6.23. The van der Waals surface area contributed by atoms with E-state index >= 15 is 0 Å². The van der Waals surface area contributed by atoms with Crippen molar-refractivity contribution >= 4 is 0 Å². The molecule has 0 spiro atoms. The molecule has 0 saturated heterocycles. The fourth-order valence-electron chi connectivity index (χ4n) is 2.37. The van der Waals surface area contributed by atoms with Crippen molar-refractivity contribution in [1.29, 1.82) is 0 Å². The highest BCUT2D eigenvalue weighted by Gasteiger charge is 2.21. The van der Waals surface area contributed by atoms with Crippen molar-refractivity contribution in [2.45, 2.75) is 59.3 Å². The van der Waals surface area contributed by atoms with E-state index in [1.165, 1.54) is 16.7 Å². The Bertz CT molecular complexity index is 404. The summed E-state index contributed by atoms with van der Waals surface area (Å²) in [6.07, 6.45) is 3.26. The Hall–Kier alpha value is -1.02. The summed E-state index contributed by atoms with van der Waals surface area (Å²) in [5.41, 5.74) is 9.66. The molecular weight excluding hydrogens is 234 g/mol. The van der Waals surface area contributed by atoms with Gasteiger partial charge in [0.15, 0.2) is 0 Å². The summed E-state index contributed by atoms with van der Waals surface area (Å²) in [7, 11) is 0. The lowest BCUT2D eigenvalue weighted by molar-refractivity contribution is 0.325. The predicted octanol–water partition coefficient (Wildman–Crippen LogP) is 3.97. The third-order valence-corrected chi connectivity index (χ3v) is 3.31. The Morgan fingerprint density at radius 1 is 1.16 bits per heavy atom. The minimum absolute atomic E-state index is 0.110. The van der Waals surface area contributed by atoms with Crippen molar-refractivity contribution in [2.24, 2.45) is 5.73 Å². The van der Waals surface area contributed by atoms with E-state index < -0.39 is 0 Å². The highest BCUT2D eigenvalue weighted by Crippen LogP contribution is 2.36. The Morgan fingerprint density at radius 2 is 1.84 bits per heavy atom. The lowest BCUT2D eigenvalue weighted by Gasteiger charge is -2.25. The molecule has 0 saturated carbocycles. The van der Waals surface area contributed by atoms with Crippen molar-refractivity contribution in [3.63, 3.8) is 0 Å². The van der Waals surface area contributed by atoms with Crippen molar-refractivity contribution < 1.29 is 4.74 Å². The van der Waals surface area contributed by atoms with E-state index in [0.29, 0.717) is 0 Å². The van der Waals surface area contributed by atoms with Crippen molar-refractivity contribution in [3.05, 3.63) is 28.8 Å². The van der Waals surface area contributed by atoms with Crippen molar-refractivity contribution in [1.82, 2.24) is 0 Å². The topological polar surface area (TPSA) is 35.2 Å². The van der Waals surface area contributed by atoms with Gasteiger partial charge in [-0.1, -0.05) is 38.5 Å². The summed E-state index contributed by atoms with van der Waals surface area (Å²) in [5, 5.41) is 0. The number of unbranched alkanes of at least 4 members (excludes halogenated alkanes) is 1. The molecule has 2 nitrogen and oxygen atoms in total. The summed E-state index contributed by atoms with van der Waals surface area (Å²) in [6.45, 7) is 12.4. The molecule has 108 valence electrons. The second kappa shape index (κ2) is 6.95. The van der Waals surface area contributed by atoms with Crippen LogP contribution in [0.5, 0.6) is 5.75 Å². The van der Waals surface area contributed by atoms with Crippen molar-refractivity contribution in [3.8, 4) is 5.75 Å². The van der Waals surface area contributed by atoms with Gasteiger partial charge in [-0.15, -0.1) is 0 Å². The summed E-state index contributed by atoms with van der Waals surface area (Å²) in [4.78, 5) is 0. The fourth-order valence-corrected chi connectivity index (χ4v) is 2.37. The van der Waals surface area contributed by atoms with Crippen LogP contribution in [0.2, 0.25) is 0 Å². The van der Waals surface area contributed by atoms with Crippen LogP contribution in [-0.2, 0) is 11.8 Å². The largest absolute Gasteiger partial charge is 0.493 e. The fraction of sp³-hybridized carbons (Fsp3) is 0.647. The van der Waals surface area contributed by atoms with Crippen LogP contribution in [0.3, 0.4) is 0 Å². The first-order valence-corrected chi connectivity index (χ1v) is 7.37. The Balaban J connectivity index is 3.16. The standard InChI is InChI=1S/C17H29NO/c1-6-19-16-14(9-7-8-10-18)11-13(2)12-15(16)17(3,4)5/h11-12H,6-10,18H2,1-5H3. The maximum absolute atomic E-state index is 5.95. The van der Waals surface area contributed by atoms with Crippen LogP contribution >= 0.6 is 0 Å². The minimum atomic E-state index is 0.110. The zero-order chi connectivity index (χ0) is 14.5. The lowest BCUT2D eigenvalue weighted by atomic mass is 9.83. The number of hydrogen-bond acceptors (Lipinski definition) is 2. The summed E-state index contributed by atoms with van der Waals surface area (Å²) in [5.74, 6) is 1.10. The van der Waals surface area contributed by atoms with Crippen molar-refractivity contribution in [2.75, 3.05) is 13.2 Å². The van der Waals surface area contributed by atoms with Crippen LogP contribution in [0, 0.1) is 6.92 Å². The quantitative estimate of drug-likeness (QED) is 0.788. The summed E-state index contributed by atoms with van der Waals surface area (Å²) in [6, 6.07) is 4.52. The summed E-state index contributed by atoms with van der Waals surface area (Å²) >= 11 is 0. The first-order chi connectivity index (χ1) is 8.90. The van der Waals surface area contributed by atoms with Gasteiger partial charge < -0.3 is 10.5 Å². The first kappa shape index (κ1) is 16.0. The predicted molar refractivity (Wildman–Crippen MR) is 83.0 cm³/mol. The summed E-state index contributed by atoms with van der Waals surface area (Å²) < 4.78 is 5.95. The molecule has 0 radical (unpaired) electrons. The van der Waals surface area contributed by atoms with E-state index in [1.807, 2.05) is 0 Å². The van der Waals surface area contributed by atoms with E-state index in [4.69, 9.17) is 10.5 Å². The van der Waals surface area contributed by atoms with E-state index in [0.717, 1.165) is 38.2 Å². The Kier molecular flexibility index (Phi) is 5.86. The maximum atomic E-state index is 5.95. The van der Waals surface area contributed by atoms with Gasteiger partial charge in [-0.25, -0.2) is 0 Å². The van der Waals surface area contributed by atoms with Gasteiger partial charge in [-0.05, 0) is 50.6 Å². The van der Waals surface area contributed by atoms with Gasteiger partial charge in [0.1, 0.15) is 5.75 Å². The lowest BCUT2D eigenvalue weighted by Crippen LogP contribution is -2.15. The molecule has 0 fully saturated rings. The van der Waals surface area contributed by atoms with E-state index in [-0.39, 0.29) is 5.41 Å². The Labute approximate surface area is 118 Å². The number of nitrogens with two attached hydrogens (primary N) is 1. The van der Waals surface area contributed by atoms with Crippen LogP contribution < -0.4 is 10.5 Å². The molecule has 0 aliphatic heterocycles. The van der Waals surface area contributed by atoms with Gasteiger partial charge in [0, 0.05) is 5.56 Å². The molecule has 0 heterocycles. The average Bonchev–Trinajstić information content (AvgIpc) is 2.31. The van der Waals surface area contributed by atoms with E-state index in [9.17, 15) is 0 Å². The van der Waals surface area contributed by atoms with Crippen LogP contribution in [0.25, 0.3) is 0 Å². The zero-order valence-electron chi connectivity index (χ0n) is 13.2. The molecule has 0 atom stereocenters. The van der Waals surface area contributed by atoms with Gasteiger partial charge in [0.05, 0.1) is 6.61 Å². The zero-order valence-corrected chi connectivity index (χ0v) is 13.2. The molecule has 1 rings (SSSR count). The van der Waals surface area contributed by atoms with Crippen LogP contribution in [-0.4, -0.2) is 13.2 Å². The SMILES string of the molecule is CCOc1c(CCCCN)cc(C)cc1C(C)(C)C. The van der Waals surface area contributed by atoms with E-state index in [2.05, 4.69) is 46.8 Å². The number of hydrogen-bond donors (Lipinski definition) is 1. The number of aryl methyl sites for hydroxylation is 2. The highest BCUT2D eigenvalue weighted by atomic mass is 16.5. The van der Waals surface area contributed by atoms with E-state index in [1.54, 1.807) is 0 Å². The monoisotopic (exact) mass is 263 g/mol. The number of rotatable bonds is 6. The molecule has 0 unspecified atom stereocenters. The molecule has 0 aromatic heterocycles. The molecule has 0 amide bonds. The number of benzene rings is 1. The first-order valence-electron chi connectivity index (χ1n) is 7.37. The number of ether oxygens (including phenoxy) is 1. The Morgan fingerprint density at radius 3 is 2.37 bits per heavy atom. The second-order valence-corrected chi connectivity index (χ2v) is 6.23. The third kappa shape index (κ3) is 4.54. The average molecular weight is 263 g/mol. The van der Waals surface area contributed by atoms with Gasteiger partial charge in [-0.2, -0.15) is 0 Å². The molecule has 0 aliphatic rings. The third-order valence-electron chi connectivity index (χ3n) is 3.31. The van der Waals surface area contributed by atoms with Gasteiger partial charge in [-0.3, -0.25) is 0 Å². The molecule has 0 aliphatic carbocycles. The molecule has 0 bridgehead atoms. The normalized spacial score (nSPS) is 11.7. The smallest absolute Gasteiger partial charge is 0.126 e. The van der Waals surface area contributed by atoms with Gasteiger partial charge in [0.25, 0.3) is 0 Å². The van der Waals surface area contributed by atoms with Gasteiger partial charge in [0.2, 0.25) is 0 Å².